The van der Waals surface area contributed by atoms with Gasteiger partial charge in [0.15, 0.2) is 12.0 Å². The van der Waals surface area contributed by atoms with E-state index in [1.165, 1.54) is 24.5 Å². The molecule has 0 unspecified atom stereocenters. The van der Waals surface area contributed by atoms with Crippen molar-refractivity contribution in [1.29, 1.82) is 0 Å². The minimum Gasteiger partial charge on any atom is -0.461 e. The molecule has 0 saturated carbocycles. The number of nitrogens with one attached hydrogen (secondary N) is 1. The molecule has 3 rings (SSSR count). The third-order valence-electron chi connectivity index (χ3n) is 2.77. The Morgan fingerprint density at radius 3 is 2.89 bits per heavy atom. The average Bonchev–Trinajstić information content (AvgIpc) is 3.03. The summed E-state index contributed by atoms with van der Waals surface area (Å²) in [7, 11) is 0. The molecule has 0 bridgehead atoms. The number of aldehydes is 1. The highest BCUT2D eigenvalue weighted by Gasteiger charge is 2.14. The van der Waals surface area contributed by atoms with Gasteiger partial charge in [-0.2, -0.15) is 5.10 Å². The third-order valence-corrected chi connectivity index (χ3v) is 2.77. The first-order chi connectivity index (χ1) is 9.19. The van der Waals surface area contributed by atoms with E-state index < -0.39 is 4.92 Å². The van der Waals surface area contributed by atoms with Crippen LogP contribution in [0.5, 0.6) is 0 Å². The summed E-state index contributed by atoms with van der Waals surface area (Å²) >= 11 is 0. The maximum Gasteiger partial charge on any atom is 0.270 e. The fraction of sp³-hybridized carbons (Fsp3) is 0. The van der Waals surface area contributed by atoms with Crippen molar-refractivity contribution in [3.8, 4) is 11.3 Å². The summed E-state index contributed by atoms with van der Waals surface area (Å²) in [5, 5.41) is 18.2. The van der Waals surface area contributed by atoms with Crippen molar-refractivity contribution >= 4 is 22.9 Å². The van der Waals surface area contributed by atoms with E-state index in [1.54, 1.807) is 6.07 Å². The Morgan fingerprint density at radius 1 is 1.37 bits per heavy atom. The van der Waals surface area contributed by atoms with Crippen molar-refractivity contribution in [3.05, 3.63) is 46.4 Å². The summed E-state index contributed by atoms with van der Waals surface area (Å²) in [6.45, 7) is 0. The van der Waals surface area contributed by atoms with E-state index in [1.807, 2.05) is 0 Å². The molecule has 0 saturated heterocycles. The van der Waals surface area contributed by atoms with Gasteiger partial charge in [0, 0.05) is 23.1 Å². The van der Waals surface area contributed by atoms with Crippen molar-refractivity contribution in [2.24, 2.45) is 0 Å². The number of carbonyl (C=O) groups excluding carboxylic acids is 1. The second kappa shape index (κ2) is 4.05. The Balaban J connectivity index is 2.20. The van der Waals surface area contributed by atoms with E-state index in [4.69, 9.17) is 4.42 Å². The zero-order valence-electron chi connectivity index (χ0n) is 9.49. The molecule has 19 heavy (non-hydrogen) atoms. The van der Waals surface area contributed by atoms with Gasteiger partial charge >= 0.3 is 0 Å². The lowest BCUT2D eigenvalue weighted by atomic mass is 10.1. The van der Waals surface area contributed by atoms with Crippen LogP contribution < -0.4 is 0 Å². The van der Waals surface area contributed by atoms with Crippen LogP contribution in [0.4, 0.5) is 5.69 Å². The number of aromatic amines is 1. The van der Waals surface area contributed by atoms with Crippen molar-refractivity contribution in [2.75, 3.05) is 0 Å². The minimum absolute atomic E-state index is 0.0192. The van der Waals surface area contributed by atoms with Gasteiger partial charge in [-0.3, -0.25) is 20.0 Å². The Morgan fingerprint density at radius 2 is 2.21 bits per heavy atom. The number of benzene rings is 1. The zero-order valence-corrected chi connectivity index (χ0v) is 9.49. The number of non-ortho nitro benzene ring substituents is 1. The molecule has 0 amide bonds. The van der Waals surface area contributed by atoms with Crippen LogP contribution in [0.1, 0.15) is 10.6 Å². The number of furan rings is 1. The molecule has 0 fully saturated rings. The molecule has 3 aromatic rings. The zero-order chi connectivity index (χ0) is 13.4. The smallest absolute Gasteiger partial charge is 0.270 e. The molecule has 0 aliphatic carbocycles. The van der Waals surface area contributed by atoms with Crippen LogP contribution in [0.3, 0.4) is 0 Å². The summed E-state index contributed by atoms with van der Waals surface area (Å²) < 4.78 is 5.01. The van der Waals surface area contributed by atoms with Crippen molar-refractivity contribution in [3.63, 3.8) is 0 Å². The van der Waals surface area contributed by atoms with Crippen molar-refractivity contribution in [2.45, 2.75) is 0 Å². The van der Waals surface area contributed by atoms with Gasteiger partial charge in [-0.1, -0.05) is 0 Å². The summed E-state index contributed by atoms with van der Waals surface area (Å²) in [5.41, 5.74) is 1.76. The Labute approximate surface area is 106 Å². The molecule has 0 radical (unpaired) electrons. The molecule has 0 spiro atoms. The Bertz CT molecular complexity index is 787. The summed E-state index contributed by atoms with van der Waals surface area (Å²) in [6.07, 6.45) is 1.97. The van der Waals surface area contributed by atoms with E-state index in [0.29, 0.717) is 28.4 Å². The van der Waals surface area contributed by atoms with Gasteiger partial charge in [0.05, 0.1) is 10.4 Å². The van der Waals surface area contributed by atoms with Gasteiger partial charge in [-0.25, -0.2) is 0 Å². The van der Waals surface area contributed by atoms with E-state index in [9.17, 15) is 14.9 Å². The van der Waals surface area contributed by atoms with Gasteiger partial charge in [-0.15, -0.1) is 0 Å². The monoisotopic (exact) mass is 257 g/mol. The SMILES string of the molecule is O=Cc1cc(-c2n[nH]c3ccc([N+](=O)[O-])cc23)co1. The number of H-pyrrole nitrogens is 1. The average molecular weight is 257 g/mol. The van der Waals surface area contributed by atoms with E-state index in [2.05, 4.69) is 10.2 Å². The molecule has 1 aromatic carbocycles. The lowest BCUT2D eigenvalue weighted by Crippen LogP contribution is -1.86. The predicted molar refractivity (Wildman–Crippen MR) is 65.8 cm³/mol. The molecule has 94 valence electrons. The van der Waals surface area contributed by atoms with Crippen LogP contribution in [0.2, 0.25) is 0 Å². The molecular weight excluding hydrogens is 250 g/mol. The number of nitro benzene ring substituents is 1. The number of hydrogen-bond donors (Lipinski definition) is 1. The van der Waals surface area contributed by atoms with Gasteiger partial charge < -0.3 is 4.42 Å². The fourth-order valence-electron chi connectivity index (χ4n) is 1.87. The van der Waals surface area contributed by atoms with Gasteiger partial charge in [0.1, 0.15) is 12.0 Å². The number of rotatable bonds is 3. The fourth-order valence-corrected chi connectivity index (χ4v) is 1.87. The van der Waals surface area contributed by atoms with Gasteiger partial charge in [0.2, 0.25) is 0 Å². The highest BCUT2D eigenvalue weighted by molar-refractivity contribution is 5.94. The largest absolute Gasteiger partial charge is 0.461 e. The summed E-state index contributed by atoms with van der Waals surface area (Å²) in [4.78, 5) is 20.9. The first kappa shape index (κ1) is 11.1. The number of aromatic nitrogens is 2. The molecule has 2 aromatic heterocycles. The standard InChI is InChI=1S/C12H7N3O4/c16-5-9-3-7(6-19-9)12-10-4-8(15(17)18)1-2-11(10)13-14-12/h1-6H,(H,13,14). The lowest BCUT2D eigenvalue weighted by Gasteiger charge is -1.93. The Kier molecular flexibility index (Phi) is 2.38. The van der Waals surface area contributed by atoms with E-state index in [-0.39, 0.29) is 11.4 Å². The molecule has 7 nitrogen and oxygen atoms in total. The van der Waals surface area contributed by atoms with Crippen LogP contribution in [0, 0.1) is 10.1 Å². The highest BCUT2D eigenvalue weighted by atomic mass is 16.6. The number of nitrogens with zero attached hydrogens (tertiary/aromatic N) is 2. The minimum atomic E-state index is -0.470. The molecule has 2 heterocycles. The van der Waals surface area contributed by atoms with E-state index >= 15 is 0 Å². The summed E-state index contributed by atoms with van der Waals surface area (Å²) in [5.74, 6) is 0.177. The van der Waals surface area contributed by atoms with Crippen molar-refractivity contribution < 1.29 is 14.1 Å². The molecule has 0 atom stereocenters. The maximum absolute atomic E-state index is 10.8. The highest BCUT2D eigenvalue weighted by Crippen LogP contribution is 2.29. The number of nitro groups is 1. The lowest BCUT2D eigenvalue weighted by molar-refractivity contribution is -0.384. The first-order valence-corrected chi connectivity index (χ1v) is 5.35. The second-order valence-corrected chi connectivity index (χ2v) is 3.91. The quantitative estimate of drug-likeness (QED) is 0.441. The van der Waals surface area contributed by atoms with Gasteiger partial charge in [-0.05, 0) is 12.1 Å². The third kappa shape index (κ3) is 1.77. The maximum atomic E-state index is 10.8. The topological polar surface area (TPSA) is 102 Å². The van der Waals surface area contributed by atoms with Crippen LogP contribution in [-0.4, -0.2) is 21.4 Å². The molecule has 0 aliphatic rings. The predicted octanol–water partition coefficient (Wildman–Crippen LogP) is 2.54. The number of fused-ring (bicyclic) bond motifs is 1. The molecule has 7 heteroatoms. The molecule has 0 aliphatic heterocycles. The first-order valence-electron chi connectivity index (χ1n) is 5.35. The van der Waals surface area contributed by atoms with Crippen LogP contribution in [0.15, 0.2) is 34.9 Å². The van der Waals surface area contributed by atoms with Crippen LogP contribution >= 0.6 is 0 Å². The van der Waals surface area contributed by atoms with Crippen LogP contribution in [0.25, 0.3) is 22.2 Å². The normalized spacial score (nSPS) is 10.7. The second-order valence-electron chi connectivity index (χ2n) is 3.91. The van der Waals surface area contributed by atoms with Crippen LogP contribution in [-0.2, 0) is 0 Å². The Hall–Kier alpha value is -2.96. The number of hydrogen-bond acceptors (Lipinski definition) is 5. The van der Waals surface area contributed by atoms with Crippen molar-refractivity contribution in [1.82, 2.24) is 10.2 Å². The number of carbonyl (C=O) groups is 1. The van der Waals surface area contributed by atoms with Gasteiger partial charge in [0.25, 0.3) is 5.69 Å². The molecular formula is C12H7N3O4. The summed E-state index contributed by atoms with van der Waals surface area (Å²) in [6, 6.07) is 5.95. The molecule has 1 N–H and O–H groups in total. The van der Waals surface area contributed by atoms with E-state index in [0.717, 1.165) is 0 Å².